The molecule has 0 saturated carbocycles. The molecule has 5 heteroatoms. The van der Waals surface area contributed by atoms with Crippen molar-refractivity contribution in [3.63, 3.8) is 0 Å². The molecule has 0 amide bonds. The molecule has 1 aromatic carbocycles. The van der Waals surface area contributed by atoms with E-state index in [1.54, 1.807) is 0 Å². The molecule has 1 aromatic rings. The summed E-state index contributed by atoms with van der Waals surface area (Å²) < 4.78 is 19.2. The zero-order chi connectivity index (χ0) is 13.4. The van der Waals surface area contributed by atoms with Gasteiger partial charge >= 0.3 is 0 Å². The summed E-state index contributed by atoms with van der Waals surface area (Å²) in [5.74, 6) is -0.0602. The number of Topliss-reactive ketones (excluding diaryl/α,β-unsaturated/α-hetero) is 1. The second-order valence-electron chi connectivity index (χ2n) is 3.96. The maximum absolute atomic E-state index is 13.1. The van der Waals surface area contributed by atoms with Crippen LogP contribution in [0.1, 0.15) is 24.8 Å². The van der Waals surface area contributed by atoms with Crippen molar-refractivity contribution in [3.05, 3.63) is 34.1 Å². The van der Waals surface area contributed by atoms with Gasteiger partial charge in [0, 0.05) is 17.5 Å². The van der Waals surface area contributed by atoms with Gasteiger partial charge in [0.2, 0.25) is 0 Å². The van der Waals surface area contributed by atoms with E-state index in [9.17, 15) is 9.18 Å². The van der Waals surface area contributed by atoms with Crippen molar-refractivity contribution in [2.45, 2.75) is 25.9 Å². The molecule has 1 rings (SSSR count). The van der Waals surface area contributed by atoms with Crippen molar-refractivity contribution in [2.75, 3.05) is 11.9 Å². The molecule has 0 saturated heterocycles. The number of alkyl halides is 1. The quantitative estimate of drug-likeness (QED) is 0.497. The highest BCUT2D eigenvalue weighted by Crippen LogP contribution is 2.15. The van der Waals surface area contributed by atoms with Gasteiger partial charge in [-0.05, 0) is 36.6 Å². The zero-order valence-corrected chi connectivity index (χ0v) is 13.1. The van der Waals surface area contributed by atoms with E-state index < -0.39 is 0 Å². The number of rotatable bonds is 8. The molecule has 18 heavy (non-hydrogen) atoms. The number of ether oxygens (including phenoxy) is 1. The molecule has 2 nitrogen and oxygen atoms in total. The van der Waals surface area contributed by atoms with Crippen LogP contribution in [-0.4, -0.2) is 17.7 Å². The van der Waals surface area contributed by atoms with Crippen molar-refractivity contribution in [1.29, 1.82) is 0 Å². The summed E-state index contributed by atoms with van der Waals surface area (Å²) in [6.45, 7) is 0.979. The summed E-state index contributed by atoms with van der Waals surface area (Å²) in [6, 6.07) is 4.70. The SMILES string of the molecule is O=C(CBr)CCCCOCc1cc(F)cc(Br)c1. The lowest BCUT2D eigenvalue weighted by molar-refractivity contribution is -0.116. The van der Waals surface area contributed by atoms with Crippen molar-refractivity contribution in [1.82, 2.24) is 0 Å². The summed E-state index contributed by atoms with van der Waals surface area (Å²) >= 11 is 6.35. The van der Waals surface area contributed by atoms with Crippen LogP contribution >= 0.6 is 31.9 Å². The lowest BCUT2D eigenvalue weighted by atomic mass is 10.2. The Hall–Kier alpha value is -0.260. The number of benzene rings is 1. The second-order valence-corrected chi connectivity index (χ2v) is 5.44. The molecule has 0 radical (unpaired) electrons. The molecule has 0 N–H and O–H groups in total. The fourth-order valence-corrected chi connectivity index (χ4v) is 2.27. The summed E-state index contributed by atoms with van der Waals surface area (Å²) in [5, 5.41) is 0.422. The Morgan fingerprint density at radius 1 is 1.28 bits per heavy atom. The van der Waals surface area contributed by atoms with Gasteiger partial charge in [0.05, 0.1) is 11.9 Å². The fourth-order valence-electron chi connectivity index (χ4n) is 1.48. The van der Waals surface area contributed by atoms with Crippen LogP contribution in [0.3, 0.4) is 0 Å². The monoisotopic (exact) mass is 380 g/mol. The van der Waals surface area contributed by atoms with Gasteiger partial charge in [0.1, 0.15) is 11.6 Å². The Balaban J connectivity index is 2.16. The average Bonchev–Trinajstić information content (AvgIpc) is 2.32. The Labute approximate surface area is 123 Å². The number of carbonyl (C=O) groups is 1. The highest BCUT2D eigenvalue weighted by molar-refractivity contribution is 9.10. The van der Waals surface area contributed by atoms with Gasteiger partial charge in [-0.15, -0.1) is 0 Å². The molecule has 100 valence electrons. The number of hydrogen-bond donors (Lipinski definition) is 0. The topological polar surface area (TPSA) is 26.3 Å². The summed E-state index contributed by atoms with van der Waals surface area (Å²) in [7, 11) is 0. The van der Waals surface area contributed by atoms with E-state index in [2.05, 4.69) is 31.9 Å². The van der Waals surface area contributed by atoms with Crippen molar-refractivity contribution in [3.8, 4) is 0 Å². The number of carbonyl (C=O) groups excluding carboxylic acids is 1. The highest BCUT2D eigenvalue weighted by atomic mass is 79.9. The molecule has 0 aliphatic rings. The molecule has 0 bridgehead atoms. The third kappa shape index (κ3) is 6.61. The Kier molecular flexibility index (Phi) is 7.70. The molecule has 0 spiro atoms. The van der Waals surface area contributed by atoms with Gasteiger partial charge < -0.3 is 4.74 Å². The molecule has 0 fully saturated rings. The molecule has 0 aromatic heterocycles. The summed E-state index contributed by atoms with van der Waals surface area (Å²) in [5.41, 5.74) is 0.804. The molecule has 0 atom stereocenters. The third-order valence-corrected chi connectivity index (χ3v) is 3.42. The van der Waals surface area contributed by atoms with Crippen LogP contribution in [0.4, 0.5) is 4.39 Å². The summed E-state index contributed by atoms with van der Waals surface area (Å²) in [6.07, 6.45) is 2.26. The van der Waals surface area contributed by atoms with E-state index in [4.69, 9.17) is 4.74 Å². The Bertz CT molecular complexity index is 376. The fraction of sp³-hybridized carbons (Fsp3) is 0.462. The molecule has 0 aliphatic carbocycles. The molecule has 0 unspecified atom stereocenters. The van der Waals surface area contributed by atoms with Crippen LogP contribution in [0.5, 0.6) is 0 Å². The van der Waals surface area contributed by atoms with Gasteiger partial charge in [-0.25, -0.2) is 4.39 Å². The van der Waals surface area contributed by atoms with E-state index in [0.717, 1.165) is 18.4 Å². The lowest BCUT2D eigenvalue weighted by Crippen LogP contribution is -2.01. The van der Waals surface area contributed by atoms with Gasteiger partial charge in [0.15, 0.2) is 0 Å². The zero-order valence-electron chi connectivity index (χ0n) is 9.93. The minimum Gasteiger partial charge on any atom is -0.377 e. The first-order chi connectivity index (χ1) is 8.61. The van der Waals surface area contributed by atoms with Crippen molar-refractivity contribution < 1.29 is 13.9 Å². The first kappa shape index (κ1) is 15.8. The van der Waals surface area contributed by atoms with Gasteiger partial charge in [-0.2, -0.15) is 0 Å². The van der Waals surface area contributed by atoms with E-state index in [0.29, 0.717) is 29.4 Å². The standard InChI is InChI=1S/C13H15Br2FO2/c14-8-13(17)3-1-2-4-18-9-10-5-11(15)7-12(16)6-10/h5-7H,1-4,8-9H2. The highest BCUT2D eigenvalue weighted by Gasteiger charge is 2.01. The molecule has 0 heterocycles. The van der Waals surface area contributed by atoms with E-state index >= 15 is 0 Å². The molecule has 0 aliphatic heterocycles. The normalized spacial score (nSPS) is 10.6. The van der Waals surface area contributed by atoms with Crippen LogP contribution in [0.15, 0.2) is 22.7 Å². The van der Waals surface area contributed by atoms with E-state index in [1.165, 1.54) is 12.1 Å². The molecular formula is C13H15Br2FO2. The van der Waals surface area contributed by atoms with Crippen molar-refractivity contribution >= 4 is 37.6 Å². The summed E-state index contributed by atoms with van der Waals surface area (Å²) in [4.78, 5) is 11.0. The van der Waals surface area contributed by atoms with Crippen LogP contribution in [0.2, 0.25) is 0 Å². The average molecular weight is 382 g/mol. The minimum absolute atomic E-state index is 0.212. The van der Waals surface area contributed by atoms with Gasteiger partial charge in [0.25, 0.3) is 0 Å². The van der Waals surface area contributed by atoms with Gasteiger partial charge in [-0.3, -0.25) is 4.79 Å². The second kappa shape index (κ2) is 8.77. The predicted octanol–water partition coefficient (Wildman–Crippen LogP) is 4.24. The maximum Gasteiger partial charge on any atom is 0.143 e. The van der Waals surface area contributed by atoms with Crippen LogP contribution in [-0.2, 0) is 16.1 Å². The Morgan fingerprint density at radius 2 is 2.06 bits per heavy atom. The number of unbranched alkanes of at least 4 members (excludes halogenated alkanes) is 1. The van der Waals surface area contributed by atoms with Gasteiger partial charge in [-0.1, -0.05) is 31.9 Å². The number of ketones is 1. The van der Waals surface area contributed by atoms with Crippen molar-refractivity contribution in [2.24, 2.45) is 0 Å². The van der Waals surface area contributed by atoms with E-state index in [1.807, 2.05) is 6.07 Å². The first-order valence-corrected chi connectivity index (χ1v) is 7.63. The van der Waals surface area contributed by atoms with Crippen LogP contribution in [0, 0.1) is 5.82 Å². The lowest BCUT2D eigenvalue weighted by Gasteiger charge is -2.05. The van der Waals surface area contributed by atoms with Crippen LogP contribution < -0.4 is 0 Å². The third-order valence-electron chi connectivity index (χ3n) is 2.33. The smallest absolute Gasteiger partial charge is 0.143 e. The largest absolute Gasteiger partial charge is 0.377 e. The number of hydrogen-bond acceptors (Lipinski definition) is 2. The number of halogens is 3. The van der Waals surface area contributed by atoms with E-state index in [-0.39, 0.29) is 11.6 Å². The predicted molar refractivity (Wildman–Crippen MR) is 76.4 cm³/mol. The first-order valence-electron chi connectivity index (χ1n) is 5.72. The molecular weight excluding hydrogens is 367 g/mol. The Morgan fingerprint density at radius 3 is 2.72 bits per heavy atom. The maximum atomic E-state index is 13.1. The minimum atomic E-state index is -0.272. The van der Waals surface area contributed by atoms with Crippen LogP contribution in [0.25, 0.3) is 0 Å².